The lowest BCUT2D eigenvalue weighted by molar-refractivity contribution is 0.0706. The highest BCUT2D eigenvalue weighted by Gasteiger charge is 2.27. The van der Waals surface area contributed by atoms with Crippen LogP contribution in [0.5, 0.6) is 0 Å². The Morgan fingerprint density at radius 1 is 1.15 bits per heavy atom. The van der Waals surface area contributed by atoms with Crippen molar-refractivity contribution < 1.29 is 9.21 Å². The van der Waals surface area contributed by atoms with Crippen molar-refractivity contribution in [3.63, 3.8) is 0 Å². The highest BCUT2D eigenvalue weighted by atomic mass is 16.3. The lowest BCUT2D eigenvalue weighted by atomic mass is 9.93. The van der Waals surface area contributed by atoms with Crippen LogP contribution >= 0.6 is 0 Å². The largest absolute Gasteiger partial charge is 0.461 e. The summed E-state index contributed by atoms with van der Waals surface area (Å²) in [7, 11) is 3.95. The minimum atomic E-state index is 0.0508. The van der Waals surface area contributed by atoms with Crippen molar-refractivity contribution in [1.29, 1.82) is 0 Å². The molecule has 4 heterocycles. The lowest BCUT2D eigenvalue weighted by Crippen LogP contribution is -2.39. The lowest BCUT2D eigenvalue weighted by Gasteiger charge is -2.33. The summed E-state index contributed by atoms with van der Waals surface area (Å²) in [5, 5.41) is 0.958. The summed E-state index contributed by atoms with van der Waals surface area (Å²) in [5.41, 5.74) is 3.35. The third kappa shape index (κ3) is 4.31. The summed E-state index contributed by atoms with van der Waals surface area (Å²) in [6, 6.07) is 13.5. The van der Waals surface area contributed by atoms with E-state index in [9.17, 15) is 4.79 Å². The van der Waals surface area contributed by atoms with Crippen molar-refractivity contribution in [3.05, 3.63) is 71.9 Å². The number of amides is 1. The monoisotopic (exact) mass is 441 g/mol. The molecule has 3 aromatic heterocycles. The molecule has 7 heteroatoms. The Labute approximate surface area is 193 Å². The van der Waals surface area contributed by atoms with Crippen LogP contribution in [0.3, 0.4) is 0 Å². The molecule has 4 aromatic rings. The molecule has 1 saturated heterocycles. The van der Waals surface area contributed by atoms with Gasteiger partial charge in [-0.05, 0) is 56.2 Å². The second-order valence-corrected chi connectivity index (χ2v) is 8.81. The Kier molecular flexibility index (Phi) is 5.54. The molecule has 5 rings (SSSR count). The Bertz CT molecular complexity index is 1300. The molecule has 7 nitrogen and oxygen atoms in total. The van der Waals surface area contributed by atoms with E-state index in [4.69, 9.17) is 14.4 Å². The summed E-state index contributed by atoms with van der Waals surface area (Å²) in [6.07, 6.45) is 5.45. The Morgan fingerprint density at radius 3 is 2.82 bits per heavy atom. The number of piperidine rings is 1. The molecule has 168 valence electrons. The normalized spacial score (nSPS) is 16.2. The standard InChI is InChI=1S/C26H27N5O2/c1-17-12-21-13-18(8-9-23(21)33-17)26(32)31-11-5-7-20(16-31)22-14-24(30(2)3)29-25(28-22)19-6-4-10-27-15-19/h4,6,8-10,12-15,20H,5,7,11,16H2,1-3H3. The summed E-state index contributed by atoms with van der Waals surface area (Å²) >= 11 is 0. The average molecular weight is 442 g/mol. The highest BCUT2D eigenvalue weighted by molar-refractivity contribution is 5.98. The number of likely N-dealkylation sites (tertiary alicyclic amines) is 1. The molecule has 0 saturated carbocycles. The maximum Gasteiger partial charge on any atom is 0.253 e. The fourth-order valence-electron chi connectivity index (χ4n) is 4.41. The minimum Gasteiger partial charge on any atom is -0.461 e. The SMILES string of the molecule is Cc1cc2cc(C(=O)N3CCCC(c4cc(N(C)C)nc(-c5cccnc5)n4)C3)ccc2o1. The fourth-order valence-corrected chi connectivity index (χ4v) is 4.41. The smallest absolute Gasteiger partial charge is 0.253 e. The first-order valence-corrected chi connectivity index (χ1v) is 11.2. The van der Waals surface area contributed by atoms with E-state index >= 15 is 0 Å². The van der Waals surface area contributed by atoms with Crippen molar-refractivity contribution in [2.24, 2.45) is 0 Å². The number of rotatable bonds is 4. The van der Waals surface area contributed by atoms with Crippen LogP contribution in [-0.4, -0.2) is 52.9 Å². The molecule has 1 amide bonds. The maximum atomic E-state index is 13.3. The summed E-state index contributed by atoms with van der Waals surface area (Å²) in [4.78, 5) is 31.1. The molecule has 33 heavy (non-hydrogen) atoms. The van der Waals surface area contributed by atoms with E-state index in [1.165, 1.54) is 0 Å². The summed E-state index contributed by atoms with van der Waals surface area (Å²) < 4.78 is 5.65. The van der Waals surface area contributed by atoms with Gasteiger partial charge < -0.3 is 14.2 Å². The van der Waals surface area contributed by atoms with E-state index in [0.717, 1.165) is 53.2 Å². The quantitative estimate of drug-likeness (QED) is 0.458. The highest BCUT2D eigenvalue weighted by Crippen LogP contribution is 2.30. The number of anilines is 1. The number of carbonyl (C=O) groups excluding carboxylic acids is 1. The molecule has 0 radical (unpaired) electrons. The van der Waals surface area contributed by atoms with Gasteiger partial charge in [-0.1, -0.05) is 0 Å². The Balaban J connectivity index is 1.43. The van der Waals surface area contributed by atoms with Gasteiger partial charge in [-0.2, -0.15) is 0 Å². The number of benzene rings is 1. The van der Waals surface area contributed by atoms with E-state index < -0.39 is 0 Å². The van der Waals surface area contributed by atoms with Crippen LogP contribution in [0.2, 0.25) is 0 Å². The third-order valence-corrected chi connectivity index (χ3v) is 6.12. The number of hydrogen-bond acceptors (Lipinski definition) is 6. The molecule has 0 bridgehead atoms. The van der Waals surface area contributed by atoms with Gasteiger partial charge in [0.05, 0.1) is 5.69 Å². The zero-order valence-corrected chi connectivity index (χ0v) is 19.2. The number of carbonyl (C=O) groups is 1. The number of nitrogens with zero attached hydrogens (tertiary/aromatic N) is 5. The van der Waals surface area contributed by atoms with Crippen LogP contribution in [0.1, 0.15) is 40.6 Å². The van der Waals surface area contributed by atoms with Crippen LogP contribution in [0.4, 0.5) is 5.82 Å². The summed E-state index contributed by atoms with van der Waals surface area (Å²) in [5.74, 6) is 2.56. The van der Waals surface area contributed by atoms with Crippen LogP contribution < -0.4 is 4.90 Å². The van der Waals surface area contributed by atoms with Crippen LogP contribution in [0.15, 0.2) is 59.3 Å². The molecule has 1 atom stereocenters. The number of hydrogen-bond donors (Lipinski definition) is 0. The summed E-state index contributed by atoms with van der Waals surface area (Å²) in [6.45, 7) is 3.30. The van der Waals surface area contributed by atoms with E-state index in [1.807, 2.05) is 73.3 Å². The van der Waals surface area contributed by atoms with Gasteiger partial charge in [0.1, 0.15) is 17.2 Å². The molecule has 0 aliphatic carbocycles. The van der Waals surface area contributed by atoms with Crippen LogP contribution in [0, 0.1) is 6.92 Å². The number of aryl methyl sites for hydroxylation is 1. The Hall–Kier alpha value is -3.74. The number of aromatic nitrogens is 3. The van der Waals surface area contributed by atoms with Gasteiger partial charge in [0, 0.05) is 68.1 Å². The number of pyridine rings is 1. The number of fused-ring (bicyclic) bond motifs is 1. The molecule has 0 N–H and O–H groups in total. The first-order chi connectivity index (χ1) is 16.0. The zero-order chi connectivity index (χ0) is 22.9. The molecule has 1 aliphatic heterocycles. The zero-order valence-electron chi connectivity index (χ0n) is 19.2. The van der Waals surface area contributed by atoms with E-state index in [2.05, 4.69) is 4.98 Å². The van der Waals surface area contributed by atoms with Gasteiger partial charge >= 0.3 is 0 Å². The van der Waals surface area contributed by atoms with Gasteiger partial charge in [0.15, 0.2) is 5.82 Å². The molecular formula is C26H27N5O2. The van der Waals surface area contributed by atoms with Gasteiger partial charge in [0.2, 0.25) is 0 Å². The Morgan fingerprint density at radius 2 is 2.03 bits per heavy atom. The third-order valence-electron chi connectivity index (χ3n) is 6.12. The van der Waals surface area contributed by atoms with Gasteiger partial charge in [-0.15, -0.1) is 0 Å². The van der Waals surface area contributed by atoms with Crippen molar-refractivity contribution >= 4 is 22.7 Å². The molecule has 1 aliphatic rings. The van der Waals surface area contributed by atoms with Crippen molar-refractivity contribution in [2.75, 3.05) is 32.1 Å². The topological polar surface area (TPSA) is 75.4 Å². The number of furan rings is 1. The van der Waals surface area contributed by atoms with Gasteiger partial charge in [-0.25, -0.2) is 9.97 Å². The van der Waals surface area contributed by atoms with E-state index in [0.29, 0.717) is 17.9 Å². The second-order valence-electron chi connectivity index (χ2n) is 8.81. The van der Waals surface area contributed by atoms with Gasteiger partial charge in [-0.3, -0.25) is 9.78 Å². The van der Waals surface area contributed by atoms with Crippen molar-refractivity contribution in [3.8, 4) is 11.4 Å². The first-order valence-electron chi connectivity index (χ1n) is 11.2. The predicted molar refractivity (Wildman–Crippen MR) is 128 cm³/mol. The predicted octanol–water partition coefficient (Wildman–Crippen LogP) is 4.68. The maximum absolute atomic E-state index is 13.3. The average Bonchev–Trinajstić information content (AvgIpc) is 3.23. The van der Waals surface area contributed by atoms with Crippen molar-refractivity contribution in [2.45, 2.75) is 25.7 Å². The minimum absolute atomic E-state index is 0.0508. The fraction of sp³-hybridized carbons (Fsp3) is 0.308. The van der Waals surface area contributed by atoms with E-state index in [-0.39, 0.29) is 11.8 Å². The van der Waals surface area contributed by atoms with Gasteiger partial charge in [0.25, 0.3) is 5.91 Å². The van der Waals surface area contributed by atoms with E-state index in [1.54, 1.807) is 12.4 Å². The second kappa shape index (κ2) is 8.65. The van der Waals surface area contributed by atoms with Crippen LogP contribution in [-0.2, 0) is 0 Å². The molecule has 1 unspecified atom stereocenters. The molecule has 0 spiro atoms. The first kappa shape index (κ1) is 21.1. The molecular weight excluding hydrogens is 414 g/mol. The van der Waals surface area contributed by atoms with Crippen molar-refractivity contribution in [1.82, 2.24) is 19.9 Å². The molecule has 1 aromatic carbocycles. The molecule has 1 fully saturated rings. The van der Waals surface area contributed by atoms with Crippen LogP contribution in [0.25, 0.3) is 22.4 Å².